The van der Waals surface area contributed by atoms with Gasteiger partial charge in [0.15, 0.2) is 0 Å². The number of amides is 1. The third kappa shape index (κ3) is 3.75. The van der Waals surface area contributed by atoms with Crippen molar-refractivity contribution >= 4 is 33.2 Å². The van der Waals surface area contributed by atoms with E-state index in [1.165, 1.54) is 40.7 Å². The average Bonchev–Trinajstić information content (AvgIpc) is 3.09. The van der Waals surface area contributed by atoms with Crippen LogP contribution in [0.1, 0.15) is 18.4 Å². The van der Waals surface area contributed by atoms with E-state index in [-0.39, 0.29) is 11.4 Å². The molecule has 2 aromatic carbocycles. The number of anilines is 1. The normalized spacial score (nSPS) is 18.0. The summed E-state index contributed by atoms with van der Waals surface area (Å²) in [6, 6.07) is 9.08. The molecule has 1 fully saturated rings. The summed E-state index contributed by atoms with van der Waals surface area (Å²) in [5, 5.41) is 3.08. The molecule has 2 aromatic rings. The largest absolute Gasteiger partial charge is 0.324 e. The van der Waals surface area contributed by atoms with Crippen molar-refractivity contribution in [1.82, 2.24) is 4.31 Å². The number of benzene rings is 2. The van der Waals surface area contributed by atoms with E-state index in [0.29, 0.717) is 29.1 Å². The molecule has 8 heteroatoms. The molecule has 3 rings (SSSR count). The third-order valence-electron chi connectivity index (χ3n) is 4.38. The second-order valence-corrected chi connectivity index (χ2v) is 8.50. The van der Waals surface area contributed by atoms with Gasteiger partial charge in [0.2, 0.25) is 15.9 Å². The molecule has 1 unspecified atom stereocenters. The van der Waals surface area contributed by atoms with E-state index in [2.05, 4.69) is 5.32 Å². The minimum atomic E-state index is -3.82. The Kier molecular flexibility index (Phi) is 5.32. The lowest BCUT2D eigenvalue weighted by atomic mass is 10.1. The Balaban J connectivity index is 1.84. The second-order valence-electron chi connectivity index (χ2n) is 6.18. The second kappa shape index (κ2) is 7.34. The summed E-state index contributed by atoms with van der Waals surface area (Å²) >= 11 is 5.82. The summed E-state index contributed by atoms with van der Waals surface area (Å²) in [6.45, 7) is 2.00. The summed E-state index contributed by atoms with van der Waals surface area (Å²) in [4.78, 5) is 12.7. The fourth-order valence-electron chi connectivity index (χ4n) is 2.98. The molecular weight excluding hydrogens is 379 g/mol. The molecule has 1 amide bonds. The van der Waals surface area contributed by atoms with Crippen LogP contribution in [0.3, 0.4) is 0 Å². The molecule has 26 heavy (non-hydrogen) atoms. The highest BCUT2D eigenvalue weighted by Gasteiger charge is 2.39. The maximum atomic E-state index is 13.4. The van der Waals surface area contributed by atoms with Crippen LogP contribution in [0.5, 0.6) is 0 Å². The number of rotatable bonds is 4. The standard InChI is InChI=1S/C18H18ClFN2O3S/c1-12-4-7-14(20)11-16(12)21-18(23)17-3-2-10-22(17)26(24,25)15-8-5-13(19)6-9-15/h4-9,11,17H,2-3,10H2,1H3,(H,21,23). The van der Waals surface area contributed by atoms with E-state index in [4.69, 9.17) is 11.6 Å². The topological polar surface area (TPSA) is 66.5 Å². The van der Waals surface area contributed by atoms with Crippen LogP contribution in [0.2, 0.25) is 5.02 Å². The zero-order chi connectivity index (χ0) is 18.9. The fraction of sp³-hybridized carbons (Fsp3) is 0.278. The minimum Gasteiger partial charge on any atom is -0.324 e. The van der Waals surface area contributed by atoms with E-state index in [1.54, 1.807) is 13.0 Å². The minimum absolute atomic E-state index is 0.0866. The van der Waals surface area contributed by atoms with Crippen LogP contribution in [0.25, 0.3) is 0 Å². The summed E-state index contributed by atoms with van der Waals surface area (Å²) in [7, 11) is -3.82. The molecule has 0 radical (unpaired) electrons. The highest BCUT2D eigenvalue weighted by molar-refractivity contribution is 7.89. The maximum absolute atomic E-state index is 13.4. The first-order chi connectivity index (χ1) is 12.3. The van der Waals surface area contributed by atoms with Crippen LogP contribution < -0.4 is 5.32 Å². The van der Waals surface area contributed by atoms with E-state index in [9.17, 15) is 17.6 Å². The number of aryl methyl sites for hydroxylation is 1. The predicted octanol–water partition coefficient (Wildman–Crippen LogP) is 3.58. The third-order valence-corrected chi connectivity index (χ3v) is 6.56. The van der Waals surface area contributed by atoms with Crippen LogP contribution >= 0.6 is 11.6 Å². The Labute approximate surface area is 156 Å². The van der Waals surface area contributed by atoms with Crippen LogP contribution in [0.15, 0.2) is 47.4 Å². The molecule has 1 N–H and O–H groups in total. The van der Waals surface area contributed by atoms with Gasteiger partial charge in [-0.1, -0.05) is 17.7 Å². The van der Waals surface area contributed by atoms with Gasteiger partial charge >= 0.3 is 0 Å². The Hall–Kier alpha value is -1.96. The van der Waals surface area contributed by atoms with Gasteiger partial charge in [0, 0.05) is 17.3 Å². The first-order valence-electron chi connectivity index (χ1n) is 8.13. The molecule has 1 saturated heterocycles. The molecular formula is C18H18ClFN2O3S. The van der Waals surface area contributed by atoms with Crippen molar-refractivity contribution in [1.29, 1.82) is 0 Å². The number of hydrogen-bond acceptors (Lipinski definition) is 3. The molecule has 5 nitrogen and oxygen atoms in total. The number of nitrogens with one attached hydrogen (secondary N) is 1. The zero-order valence-electron chi connectivity index (χ0n) is 14.1. The van der Waals surface area contributed by atoms with Gasteiger partial charge in [0.05, 0.1) is 4.90 Å². The van der Waals surface area contributed by atoms with Gasteiger partial charge in [-0.05, 0) is 61.7 Å². The van der Waals surface area contributed by atoms with Gasteiger partial charge in [0.25, 0.3) is 0 Å². The Morgan fingerprint density at radius 1 is 1.23 bits per heavy atom. The van der Waals surface area contributed by atoms with Crippen LogP contribution in [-0.2, 0) is 14.8 Å². The quantitative estimate of drug-likeness (QED) is 0.858. The lowest BCUT2D eigenvalue weighted by Gasteiger charge is -2.23. The zero-order valence-corrected chi connectivity index (χ0v) is 15.6. The fourth-order valence-corrected chi connectivity index (χ4v) is 4.76. The summed E-state index contributed by atoms with van der Waals surface area (Å²) in [5.74, 6) is -0.934. The van der Waals surface area contributed by atoms with Crippen molar-refractivity contribution < 1.29 is 17.6 Å². The highest BCUT2D eigenvalue weighted by atomic mass is 35.5. The van der Waals surface area contributed by atoms with E-state index in [0.717, 1.165) is 0 Å². The summed E-state index contributed by atoms with van der Waals surface area (Å²) in [6.07, 6.45) is 0.986. The average molecular weight is 397 g/mol. The van der Waals surface area contributed by atoms with Crippen LogP contribution in [0, 0.1) is 12.7 Å². The Morgan fingerprint density at radius 2 is 1.92 bits per heavy atom. The van der Waals surface area contributed by atoms with Gasteiger partial charge in [-0.3, -0.25) is 4.79 Å². The number of carbonyl (C=O) groups excluding carboxylic acids is 1. The van der Waals surface area contributed by atoms with Crippen molar-refractivity contribution in [3.63, 3.8) is 0 Å². The van der Waals surface area contributed by atoms with Gasteiger partial charge < -0.3 is 5.32 Å². The van der Waals surface area contributed by atoms with E-state index >= 15 is 0 Å². The van der Waals surface area contributed by atoms with Crippen molar-refractivity contribution in [2.75, 3.05) is 11.9 Å². The number of sulfonamides is 1. The monoisotopic (exact) mass is 396 g/mol. The number of hydrogen-bond donors (Lipinski definition) is 1. The van der Waals surface area contributed by atoms with Crippen molar-refractivity contribution in [3.8, 4) is 0 Å². The Morgan fingerprint density at radius 3 is 2.62 bits per heavy atom. The number of halogens is 2. The maximum Gasteiger partial charge on any atom is 0.243 e. The summed E-state index contributed by atoms with van der Waals surface area (Å²) in [5.41, 5.74) is 1.04. The van der Waals surface area contributed by atoms with Crippen LogP contribution in [-0.4, -0.2) is 31.2 Å². The van der Waals surface area contributed by atoms with Crippen molar-refractivity contribution in [2.24, 2.45) is 0 Å². The number of nitrogens with zero attached hydrogens (tertiary/aromatic N) is 1. The van der Waals surface area contributed by atoms with Crippen molar-refractivity contribution in [2.45, 2.75) is 30.7 Å². The molecule has 1 atom stereocenters. The first-order valence-corrected chi connectivity index (χ1v) is 9.95. The SMILES string of the molecule is Cc1ccc(F)cc1NC(=O)C1CCCN1S(=O)(=O)c1ccc(Cl)cc1. The predicted molar refractivity (Wildman–Crippen MR) is 98.1 cm³/mol. The van der Waals surface area contributed by atoms with Crippen LogP contribution in [0.4, 0.5) is 10.1 Å². The molecule has 0 spiro atoms. The van der Waals surface area contributed by atoms with Gasteiger partial charge in [-0.15, -0.1) is 0 Å². The van der Waals surface area contributed by atoms with Crippen molar-refractivity contribution in [3.05, 3.63) is 58.9 Å². The number of carbonyl (C=O) groups is 1. The molecule has 138 valence electrons. The van der Waals surface area contributed by atoms with Gasteiger partial charge in [-0.25, -0.2) is 12.8 Å². The molecule has 1 aliphatic rings. The molecule has 1 aliphatic heterocycles. The lowest BCUT2D eigenvalue weighted by Crippen LogP contribution is -2.43. The molecule has 0 aromatic heterocycles. The highest BCUT2D eigenvalue weighted by Crippen LogP contribution is 2.28. The van der Waals surface area contributed by atoms with E-state index in [1.807, 2.05) is 0 Å². The van der Waals surface area contributed by atoms with Gasteiger partial charge in [-0.2, -0.15) is 4.31 Å². The van der Waals surface area contributed by atoms with Gasteiger partial charge in [0.1, 0.15) is 11.9 Å². The smallest absolute Gasteiger partial charge is 0.243 e. The Bertz CT molecular complexity index is 932. The lowest BCUT2D eigenvalue weighted by molar-refractivity contribution is -0.119. The first kappa shape index (κ1) is 18.8. The summed E-state index contributed by atoms with van der Waals surface area (Å²) < 4.78 is 40.4. The molecule has 0 saturated carbocycles. The molecule has 0 bridgehead atoms. The molecule has 0 aliphatic carbocycles. The van der Waals surface area contributed by atoms with E-state index < -0.39 is 27.8 Å². The molecule has 1 heterocycles.